The molecule has 6 heteroatoms. The lowest BCUT2D eigenvalue weighted by Crippen LogP contribution is -2.34. The maximum atomic E-state index is 5.02. The smallest absolute Gasteiger partial charge is 0.187 e. The number of hydrazone groups is 1. The number of benzene rings is 1. The highest BCUT2D eigenvalue weighted by Gasteiger charge is 1.92. The molecule has 2 N–H and O–H groups in total. The van der Waals surface area contributed by atoms with Crippen molar-refractivity contribution in [1.29, 1.82) is 0 Å². The molecule has 4 nitrogen and oxygen atoms in total. The number of nitrogens with one attached hydrogen (secondary N) is 2. The van der Waals surface area contributed by atoms with E-state index in [9.17, 15) is 0 Å². The van der Waals surface area contributed by atoms with Gasteiger partial charge in [-0.05, 0) is 39.8 Å². The van der Waals surface area contributed by atoms with Gasteiger partial charge in [-0.2, -0.15) is 5.10 Å². The van der Waals surface area contributed by atoms with Crippen molar-refractivity contribution in [3.05, 3.63) is 40.4 Å². The second kappa shape index (κ2) is 9.66. The molecular weight excluding hydrogens is 326 g/mol. The molecule has 102 valence electrons. The van der Waals surface area contributed by atoms with Gasteiger partial charge in [-0.15, -0.1) is 0 Å². The molecule has 0 radical (unpaired) electrons. The second-order valence-electron chi connectivity index (χ2n) is 3.56. The van der Waals surface area contributed by atoms with E-state index in [0.29, 0.717) is 18.3 Å². The average molecular weight is 342 g/mol. The third-order valence-corrected chi connectivity index (χ3v) is 2.72. The molecule has 0 unspecified atom stereocenters. The molecule has 1 aromatic rings. The summed E-state index contributed by atoms with van der Waals surface area (Å²) in [4.78, 5) is 0. The van der Waals surface area contributed by atoms with Crippen molar-refractivity contribution in [3.63, 3.8) is 0 Å². The monoisotopic (exact) mass is 341 g/mol. The van der Waals surface area contributed by atoms with Crippen LogP contribution in [0.25, 0.3) is 6.08 Å². The fraction of sp³-hybridized carbons (Fsp3) is 0.231. The van der Waals surface area contributed by atoms with Gasteiger partial charge < -0.3 is 10.1 Å². The van der Waals surface area contributed by atoms with E-state index in [1.165, 1.54) is 0 Å². The summed E-state index contributed by atoms with van der Waals surface area (Å²) >= 11 is 8.44. The minimum absolute atomic E-state index is 0.466. The fourth-order valence-corrected chi connectivity index (χ4v) is 1.73. The van der Waals surface area contributed by atoms with Gasteiger partial charge in [0, 0.05) is 18.1 Å². The van der Waals surface area contributed by atoms with Crippen LogP contribution in [-0.4, -0.2) is 31.6 Å². The van der Waals surface area contributed by atoms with Crippen molar-refractivity contribution in [2.75, 3.05) is 20.3 Å². The number of ether oxygens (including phenoxy) is 1. The summed E-state index contributed by atoms with van der Waals surface area (Å²) in [6.07, 6.45) is 3.61. The Morgan fingerprint density at radius 1 is 1.42 bits per heavy atom. The topological polar surface area (TPSA) is 45.6 Å². The molecule has 0 aliphatic heterocycles. The second-order valence-corrected chi connectivity index (χ2v) is 4.88. The Kier molecular flexibility index (Phi) is 8.04. The van der Waals surface area contributed by atoms with Gasteiger partial charge in [0.2, 0.25) is 0 Å². The number of hydrogen-bond donors (Lipinski definition) is 2. The van der Waals surface area contributed by atoms with E-state index in [0.717, 1.165) is 10.0 Å². The number of methoxy groups -OCH3 is 1. The zero-order chi connectivity index (χ0) is 13.9. The van der Waals surface area contributed by atoms with E-state index < -0.39 is 0 Å². The first-order valence-corrected chi connectivity index (χ1v) is 6.90. The molecule has 1 aromatic carbocycles. The van der Waals surface area contributed by atoms with E-state index in [1.54, 1.807) is 13.3 Å². The zero-order valence-electron chi connectivity index (χ0n) is 10.6. The first kappa shape index (κ1) is 15.8. The predicted octanol–water partition coefficient (Wildman–Crippen LogP) is 2.52. The van der Waals surface area contributed by atoms with Crippen LogP contribution in [0.1, 0.15) is 5.56 Å². The predicted molar refractivity (Wildman–Crippen MR) is 87.5 cm³/mol. The highest BCUT2D eigenvalue weighted by molar-refractivity contribution is 9.12. The summed E-state index contributed by atoms with van der Waals surface area (Å²) in [6, 6.07) is 9.97. The molecule has 0 aliphatic rings. The Labute approximate surface area is 127 Å². The van der Waals surface area contributed by atoms with E-state index in [4.69, 9.17) is 17.0 Å². The Bertz CT molecular complexity index is 448. The summed E-state index contributed by atoms with van der Waals surface area (Å²) in [7, 11) is 1.64. The minimum atomic E-state index is 0.466. The Hall–Kier alpha value is -1.24. The molecule has 0 spiro atoms. The van der Waals surface area contributed by atoms with Crippen LogP contribution in [0.5, 0.6) is 0 Å². The maximum Gasteiger partial charge on any atom is 0.187 e. The number of hydrogen-bond acceptors (Lipinski definition) is 3. The molecule has 0 aromatic heterocycles. The van der Waals surface area contributed by atoms with Crippen molar-refractivity contribution in [2.45, 2.75) is 0 Å². The lowest BCUT2D eigenvalue weighted by Gasteiger charge is -2.05. The molecule has 0 bridgehead atoms. The molecule has 0 atom stereocenters. The zero-order valence-corrected chi connectivity index (χ0v) is 13.0. The molecule has 0 aliphatic carbocycles. The van der Waals surface area contributed by atoms with Gasteiger partial charge in [0.15, 0.2) is 5.11 Å². The third-order valence-electron chi connectivity index (χ3n) is 2.05. The van der Waals surface area contributed by atoms with Gasteiger partial charge in [-0.3, -0.25) is 5.43 Å². The van der Waals surface area contributed by atoms with Gasteiger partial charge in [-0.25, -0.2) is 0 Å². The molecule has 0 heterocycles. The lowest BCUT2D eigenvalue weighted by atomic mass is 10.2. The quantitative estimate of drug-likeness (QED) is 0.361. The first-order chi connectivity index (χ1) is 9.22. The third kappa shape index (κ3) is 7.71. The molecule has 0 fully saturated rings. The number of rotatable bonds is 6. The van der Waals surface area contributed by atoms with Crippen LogP contribution in [-0.2, 0) is 4.74 Å². The Morgan fingerprint density at radius 3 is 2.84 bits per heavy atom. The van der Waals surface area contributed by atoms with Crippen molar-refractivity contribution in [3.8, 4) is 0 Å². The van der Waals surface area contributed by atoms with Gasteiger partial charge in [0.05, 0.1) is 12.8 Å². The van der Waals surface area contributed by atoms with Crippen molar-refractivity contribution in [1.82, 2.24) is 10.7 Å². The van der Waals surface area contributed by atoms with Crippen LogP contribution in [0.15, 0.2) is 39.9 Å². The van der Waals surface area contributed by atoms with Crippen LogP contribution in [0, 0.1) is 0 Å². The summed E-state index contributed by atoms with van der Waals surface area (Å²) < 4.78 is 5.75. The van der Waals surface area contributed by atoms with E-state index in [-0.39, 0.29) is 0 Å². The first-order valence-electron chi connectivity index (χ1n) is 5.70. The fourth-order valence-electron chi connectivity index (χ4n) is 1.20. The van der Waals surface area contributed by atoms with Crippen LogP contribution in [0.4, 0.5) is 0 Å². The molecular formula is C13H16BrN3OS. The van der Waals surface area contributed by atoms with Crippen molar-refractivity contribution < 1.29 is 4.74 Å². The Morgan fingerprint density at radius 2 is 2.16 bits per heavy atom. The number of halogens is 1. The summed E-state index contributed by atoms with van der Waals surface area (Å²) in [6.45, 7) is 1.25. The lowest BCUT2D eigenvalue weighted by molar-refractivity contribution is 0.204. The number of thiocarbonyl (C=S) groups is 1. The van der Waals surface area contributed by atoms with Crippen LogP contribution < -0.4 is 10.7 Å². The largest absolute Gasteiger partial charge is 0.383 e. The van der Waals surface area contributed by atoms with E-state index >= 15 is 0 Å². The van der Waals surface area contributed by atoms with Crippen LogP contribution in [0.3, 0.4) is 0 Å². The molecule has 0 saturated carbocycles. The molecule has 0 amide bonds. The van der Waals surface area contributed by atoms with Gasteiger partial charge in [0.25, 0.3) is 0 Å². The van der Waals surface area contributed by atoms with Crippen molar-refractivity contribution >= 4 is 45.6 Å². The standard InChI is InChI=1S/C13H16BrN3OS/c1-18-8-7-15-13(19)17-16-10-12(14)9-11-5-3-2-4-6-11/h2-6,9-10H,7-8H2,1H3,(H2,15,17,19)/b12-9-,16-10-. The van der Waals surface area contributed by atoms with Gasteiger partial charge in [0.1, 0.15) is 0 Å². The highest BCUT2D eigenvalue weighted by atomic mass is 79.9. The summed E-state index contributed by atoms with van der Waals surface area (Å²) in [5, 5.41) is 7.43. The molecule has 1 rings (SSSR count). The number of allylic oxidation sites excluding steroid dienone is 1. The SMILES string of the molecule is COCCNC(=S)N/N=C\C(Br)=C\c1ccccc1. The maximum absolute atomic E-state index is 5.02. The van der Waals surface area contributed by atoms with Gasteiger partial charge >= 0.3 is 0 Å². The molecule has 0 saturated heterocycles. The Balaban J connectivity index is 2.36. The van der Waals surface area contributed by atoms with E-state index in [1.807, 2.05) is 36.4 Å². The van der Waals surface area contributed by atoms with Crippen molar-refractivity contribution in [2.24, 2.45) is 5.10 Å². The van der Waals surface area contributed by atoms with Gasteiger partial charge in [-0.1, -0.05) is 30.3 Å². The van der Waals surface area contributed by atoms with E-state index in [2.05, 4.69) is 31.8 Å². The normalized spacial score (nSPS) is 11.6. The molecule has 19 heavy (non-hydrogen) atoms. The van der Waals surface area contributed by atoms with Crippen LogP contribution in [0.2, 0.25) is 0 Å². The summed E-state index contributed by atoms with van der Waals surface area (Å²) in [5.74, 6) is 0. The summed E-state index contributed by atoms with van der Waals surface area (Å²) in [5.41, 5.74) is 3.82. The van der Waals surface area contributed by atoms with Crippen LogP contribution >= 0.6 is 28.1 Å². The minimum Gasteiger partial charge on any atom is -0.383 e. The number of nitrogens with zero attached hydrogens (tertiary/aromatic N) is 1. The highest BCUT2D eigenvalue weighted by Crippen LogP contribution is 2.09. The average Bonchev–Trinajstić information content (AvgIpc) is 2.40.